The van der Waals surface area contributed by atoms with Crippen molar-refractivity contribution in [3.05, 3.63) is 65.2 Å². The molecule has 0 aliphatic carbocycles. The highest BCUT2D eigenvalue weighted by Crippen LogP contribution is 2.20. The topological polar surface area (TPSA) is 69.6 Å². The number of carbonyl (C=O) groups is 2. The van der Waals surface area contributed by atoms with E-state index < -0.39 is 5.97 Å². The Kier molecular flexibility index (Phi) is 6.24. The van der Waals surface area contributed by atoms with Crippen LogP contribution in [0.15, 0.2) is 48.5 Å². The highest BCUT2D eigenvalue weighted by molar-refractivity contribution is 6.04. The van der Waals surface area contributed by atoms with Gasteiger partial charge >= 0.3 is 5.97 Å². The number of nitrogens with one attached hydrogen (secondary N) is 1. The molecule has 1 fully saturated rings. The third-order valence-electron chi connectivity index (χ3n) is 5.15. The molecule has 5 heteroatoms. The first-order valence-corrected chi connectivity index (χ1v) is 9.49. The second kappa shape index (κ2) is 8.82. The normalized spacial score (nSPS) is 15.4. The number of benzene rings is 2. The van der Waals surface area contributed by atoms with E-state index in [-0.39, 0.29) is 11.8 Å². The number of nitrogens with zero attached hydrogens (tertiary/aromatic N) is 1. The van der Waals surface area contributed by atoms with Crippen LogP contribution in [0.1, 0.15) is 41.3 Å². The number of carbonyl (C=O) groups excluding carboxylic acids is 1. The molecule has 142 valence electrons. The minimum Gasteiger partial charge on any atom is -0.481 e. The molecule has 0 unspecified atom stereocenters. The van der Waals surface area contributed by atoms with Gasteiger partial charge in [0.25, 0.3) is 5.91 Å². The summed E-state index contributed by atoms with van der Waals surface area (Å²) in [5.41, 5.74) is 3.74. The summed E-state index contributed by atoms with van der Waals surface area (Å²) in [5.74, 6) is -1.02. The SMILES string of the molecule is CCc1ccc(C(=O)Nc2cccc(CN3CCC(C(=O)O)CC3)c2)cc1. The van der Waals surface area contributed by atoms with Crippen LogP contribution in [-0.4, -0.2) is 35.0 Å². The van der Waals surface area contributed by atoms with Crippen LogP contribution in [0.4, 0.5) is 5.69 Å². The minimum absolute atomic E-state index is 0.114. The van der Waals surface area contributed by atoms with Gasteiger partial charge in [-0.3, -0.25) is 14.5 Å². The maximum atomic E-state index is 12.4. The zero-order valence-corrected chi connectivity index (χ0v) is 15.6. The Bertz CT molecular complexity index is 793. The lowest BCUT2D eigenvalue weighted by Gasteiger charge is -2.30. The lowest BCUT2D eigenvalue weighted by Crippen LogP contribution is -2.35. The first-order chi connectivity index (χ1) is 13.0. The molecular weight excluding hydrogens is 340 g/mol. The molecule has 2 aromatic carbocycles. The van der Waals surface area contributed by atoms with E-state index in [9.17, 15) is 9.59 Å². The molecule has 0 bridgehead atoms. The number of likely N-dealkylation sites (tertiary alicyclic amines) is 1. The molecule has 2 aromatic rings. The van der Waals surface area contributed by atoms with Crippen LogP contribution in [0, 0.1) is 5.92 Å². The van der Waals surface area contributed by atoms with Gasteiger partial charge in [-0.25, -0.2) is 0 Å². The minimum atomic E-state index is -0.689. The Morgan fingerprint density at radius 1 is 1.07 bits per heavy atom. The van der Waals surface area contributed by atoms with Gasteiger partial charge in [0.2, 0.25) is 0 Å². The zero-order valence-electron chi connectivity index (χ0n) is 15.6. The first kappa shape index (κ1) is 19.1. The van der Waals surface area contributed by atoms with Crippen LogP contribution in [0.5, 0.6) is 0 Å². The van der Waals surface area contributed by atoms with Crippen molar-refractivity contribution in [3.63, 3.8) is 0 Å². The van der Waals surface area contributed by atoms with Crippen LogP contribution >= 0.6 is 0 Å². The molecule has 2 N–H and O–H groups in total. The summed E-state index contributed by atoms with van der Waals surface area (Å²) in [6.07, 6.45) is 2.34. The van der Waals surface area contributed by atoms with Gasteiger partial charge < -0.3 is 10.4 Å². The molecular formula is C22H26N2O3. The average Bonchev–Trinajstić information content (AvgIpc) is 2.68. The summed E-state index contributed by atoms with van der Waals surface area (Å²) in [6.45, 7) is 4.43. The molecule has 0 atom stereocenters. The number of rotatable bonds is 6. The molecule has 27 heavy (non-hydrogen) atoms. The quantitative estimate of drug-likeness (QED) is 0.816. The molecule has 0 radical (unpaired) electrons. The molecule has 0 saturated carbocycles. The maximum Gasteiger partial charge on any atom is 0.306 e. The third kappa shape index (κ3) is 5.17. The Hall–Kier alpha value is -2.66. The fourth-order valence-corrected chi connectivity index (χ4v) is 3.44. The van der Waals surface area contributed by atoms with Crippen molar-refractivity contribution in [2.45, 2.75) is 32.7 Å². The van der Waals surface area contributed by atoms with E-state index in [1.807, 2.05) is 48.5 Å². The lowest BCUT2D eigenvalue weighted by molar-refractivity contribution is -0.143. The van der Waals surface area contributed by atoms with Crippen LogP contribution in [0.2, 0.25) is 0 Å². The average molecular weight is 366 g/mol. The summed E-state index contributed by atoms with van der Waals surface area (Å²) in [5, 5.41) is 12.1. The predicted molar refractivity (Wildman–Crippen MR) is 106 cm³/mol. The fourth-order valence-electron chi connectivity index (χ4n) is 3.44. The van der Waals surface area contributed by atoms with E-state index in [4.69, 9.17) is 5.11 Å². The van der Waals surface area contributed by atoms with E-state index in [0.29, 0.717) is 18.4 Å². The number of amides is 1. The van der Waals surface area contributed by atoms with Gasteiger partial charge in [0.05, 0.1) is 5.92 Å². The van der Waals surface area contributed by atoms with Gasteiger partial charge in [-0.2, -0.15) is 0 Å². The van der Waals surface area contributed by atoms with Crippen molar-refractivity contribution in [2.75, 3.05) is 18.4 Å². The lowest BCUT2D eigenvalue weighted by atomic mass is 9.97. The maximum absolute atomic E-state index is 12.4. The largest absolute Gasteiger partial charge is 0.481 e. The summed E-state index contributed by atoms with van der Waals surface area (Å²) in [7, 11) is 0. The van der Waals surface area contributed by atoms with Crippen molar-refractivity contribution in [1.29, 1.82) is 0 Å². The number of carboxylic acid groups (broad SMARTS) is 1. The van der Waals surface area contributed by atoms with Crippen LogP contribution in [0.25, 0.3) is 0 Å². The van der Waals surface area contributed by atoms with E-state index >= 15 is 0 Å². The van der Waals surface area contributed by atoms with Gasteiger partial charge in [0.1, 0.15) is 0 Å². The van der Waals surface area contributed by atoms with E-state index in [1.165, 1.54) is 5.56 Å². The van der Waals surface area contributed by atoms with Crippen LogP contribution < -0.4 is 5.32 Å². The Balaban J connectivity index is 1.58. The molecule has 1 heterocycles. The number of piperidine rings is 1. The highest BCUT2D eigenvalue weighted by Gasteiger charge is 2.24. The zero-order chi connectivity index (χ0) is 19.2. The summed E-state index contributed by atoms with van der Waals surface area (Å²) < 4.78 is 0. The molecule has 1 amide bonds. The Labute approximate surface area is 160 Å². The summed E-state index contributed by atoms with van der Waals surface area (Å²) in [6, 6.07) is 15.5. The molecule has 5 nitrogen and oxygen atoms in total. The van der Waals surface area contributed by atoms with Gasteiger partial charge in [0.15, 0.2) is 0 Å². The number of aliphatic carboxylic acids is 1. The van der Waals surface area contributed by atoms with Crippen molar-refractivity contribution in [3.8, 4) is 0 Å². The van der Waals surface area contributed by atoms with E-state index in [0.717, 1.165) is 37.3 Å². The smallest absolute Gasteiger partial charge is 0.306 e. The molecule has 1 aliphatic rings. The number of anilines is 1. The van der Waals surface area contributed by atoms with Gasteiger partial charge in [-0.15, -0.1) is 0 Å². The van der Waals surface area contributed by atoms with Crippen molar-refractivity contribution < 1.29 is 14.7 Å². The predicted octanol–water partition coefficient (Wildman–Crippen LogP) is 3.80. The third-order valence-corrected chi connectivity index (χ3v) is 5.15. The summed E-state index contributed by atoms with van der Waals surface area (Å²) in [4.78, 5) is 25.8. The van der Waals surface area contributed by atoms with Gasteiger partial charge in [-0.05, 0) is 67.7 Å². The van der Waals surface area contributed by atoms with Gasteiger partial charge in [0, 0.05) is 17.8 Å². The number of aryl methyl sites for hydroxylation is 1. The number of carboxylic acids is 1. The standard InChI is InChI=1S/C22H26N2O3/c1-2-16-6-8-18(9-7-16)21(25)23-20-5-3-4-17(14-20)15-24-12-10-19(11-13-24)22(26)27/h3-9,14,19H,2,10-13,15H2,1H3,(H,23,25)(H,26,27). The Morgan fingerprint density at radius 3 is 2.41 bits per heavy atom. The van der Waals surface area contributed by atoms with Crippen LogP contribution in [0.3, 0.4) is 0 Å². The second-order valence-corrected chi connectivity index (χ2v) is 7.09. The highest BCUT2D eigenvalue weighted by atomic mass is 16.4. The number of hydrogen-bond acceptors (Lipinski definition) is 3. The number of hydrogen-bond donors (Lipinski definition) is 2. The molecule has 1 aliphatic heterocycles. The van der Waals surface area contributed by atoms with Gasteiger partial charge in [-0.1, -0.05) is 31.2 Å². The Morgan fingerprint density at radius 2 is 1.78 bits per heavy atom. The molecule has 3 rings (SSSR count). The van der Waals surface area contributed by atoms with Crippen molar-refractivity contribution in [2.24, 2.45) is 5.92 Å². The molecule has 0 aromatic heterocycles. The fraction of sp³-hybridized carbons (Fsp3) is 0.364. The molecule has 0 spiro atoms. The molecule has 1 saturated heterocycles. The van der Waals surface area contributed by atoms with Crippen molar-refractivity contribution in [1.82, 2.24) is 4.90 Å². The summed E-state index contributed by atoms with van der Waals surface area (Å²) >= 11 is 0. The van der Waals surface area contributed by atoms with E-state index in [2.05, 4.69) is 17.1 Å². The van der Waals surface area contributed by atoms with E-state index in [1.54, 1.807) is 0 Å². The second-order valence-electron chi connectivity index (χ2n) is 7.09. The monoisotopic (exact) mass is 366 g/mol. The van der Waals surface area contributed by atoms with Crippen molar-refractivity contribution >= 4 is 17.6 Å². The van der Waals surface area contributed by atoms with Crippen LogP contribution in [-0.2, 0) is 17.8 Å². The first-order valence-electron chi connectivity index (χ1n) is 9.49.